The molecular formula is C14H21NO2. The first-order chi connectivity index (χ1) is 8.22. The van der Waals surface area contributed by atoms with Crippen molar-refractivity contribution in [3.8, 4) is 0 Å². The zero-order valence-corrected chi connectivity index (χ0v) is 10.4. The second-order valence-corrected chi connectivity index (χ2v) is 5.00. The van der Waals surface area contributed by atoms with E-state index >= 15 is 0 Å². The van der Waals surface area contributed by atoms with Gasteiger partial charge >= 0.3 is 0 Å². The van der Waals surface area contributed by atoms with Crippen LogP contribution in [0.5, 0.6) is 0 Å². The van der Waals surface area contributed by atoms with Gasteiger partial charge in [-0.3, -0.25) is 0 Å². The molecule has 1 saturated heterocycles. The molecule has 1 aromatic carbocycles. The van der Waals surface area contributed by atoms with E-state index in [2.05, 4.69) is 24.4 Å². The zero-order valence-electron chi connectivity index (χ0n) is 10.4. The van der Waals surface area contributed by atoms with E-state index in [-0.39, 0.29) is 12.1 Å². The average molecular weight is 235 g/mol. The van der Waals surface area contributed by atoms with Crippen molar-refractivity contribution < 1.29 is 9.84 Å². The number of rotatable bonds is 4. The largest absolute Gasteiger partial charge is 0.392 e. The number of benzene rings is 1. The van der Waals surface area contributed by atoms with Crippen LogP contribution in [-0.4, -0.2) is 23.9 Å². The molecule has 0 spiro atoms. The van der Waals surface area contributed by atoms with E-state index in [0.29, 0.717) is 0 Å². The molecule has 94 valence electrons. The molecule has 2 N–H and O–H groups in total. The van der Waals surface area contributed by atoms with Gasteiger partial charge in [0.2, 0.25) is 0 Å². The molecule has 0 aliphatic carbocycles. The van der Waals surface area contributed by atoms with Crippen LogP contribution in [0.15, 0.2) is 24.3 Å². The quantitative estimate of drug-likeness (QED) is 0.836. The lowest BCUT2D eigenvalue weighted by atomic mass is 9.92. The van der Waals surface area contributed by atoms with Crippen LogP contribution >= 0.6 is 0 Å². The molecule has 1 fully saturated rings. The van der Waals surface area contributed by atoms with Gasteiger partial charge < -0.3 is 15.2 Å². The predicted molar refractivity (Wildman–Crippen MR) is 67.7 cm³/mol. The highest BCUT2D eigenvalue weighted by Crippen LogP contribution is 2.20. The molecule has 0 atom stereocenters. The first-order valence-corrected chi connectivity index (χ1v) is 6.23. The Morgan fingerprint density at radius 2 is 1.76 bits per heavy atom. The highest BCUT2D eigenvalue weighted by Gasteiger charge is 2.26. The third kappa shape index (κ3) is 3.53. The van der Waals surface area contributed by atoms with E-state index in [1.54, 1.807) is 0 Å². The van der Waals surface area contributed by atoms with E-state index in [9.17, 15) is 0 Å². The summed E-state index contributed by atoms with van der Waals surface area (Å²) in [6, 6.07) is 8.09. The summed E-state index contributed by atoms with van der Waals surface area (Å²) in [4.78, 5) is 0. The summed E-state index contributed by atoms with van der Waals surface area (Å²) in [5, 5.41) is 12.6. The number of aliphatic hydroxyl groups excluding tert-OH is 1. The van der Waals surface area contributed by atoms with Gasteiger partial charge in [0, 0.05) is 25.3 Å². The summed E-state index contributed by atoms with van der Waals surface area (Å²) in [5.74, 6) is 0. The summed E-state index contributed by atoms with van der Waals surface area (Å²) in [6.45, 7) is 4.96. The number of hydrogen-bond acceptors (Lipinski definition) is 3. The molecule has 3 nitrogen and oxygen atoms in total. The molecule has 1 heterocycles. The lowest BCUT2D eigenvalue weighted by molar-refractivity contribution is 0.0446. The van der Waals surface area contributed by atoms with Crippen LogP contribution in [0.4, 0.5) is 0 Å². The monoisotopic (exact) mass is 235 g/mol. The van der Waals surface area contributed by atoms with Crippen LogP contribution < -0.4 is 5.32 Å². The van der Waals surface area contributed by atoms with Crippen LogP contribution in [0.25, 0.3) is 0 Å². The Morgan fingerprint density at radius 3 is 2.35 bits per heavy atom. The first kappa shape index (κ1) is 12.6. The summed E-state index contributed by atoms with van der Waals surface area (Å²) >= 11 is 0. The minimum Gasteiger partial charge on any atom is -0.392 e. The van der Waals surface area contributed by atoms with Crippen molar-refractivity contribution in [2.45, 2.75) is 38.5 Å². The predicted octanol–water partition coefficient (Wildman–Crippen LogP) is 1.84. The Balaban J connectivity index is 1.87. The molecule has 2 rings (SSSR count). The van der Waals surface area contributed by atoms with E-state index in [1.807, 2.05) is 12.1 Å². The lowest BCUT2D eigenvalue weighted by Crippen LogP contribution is -2.46. The highest BCUT2D eigenvalue weighted by atomic mass is 16.5. The molecule has 1 aromatic rings. The smallest absolute Gasteiger partial charge is 0.0681 e. The molecule has 1 aliphatic rings. The average Bonchev–Trinajstić information content (AvgIpc) is 2.38. The van der Waals surface area contributed by atoms with Crippen LogP contribution in [0, 0.1) is 0 Å². The topological polar surface area (TPSA) is 41.5 Å². The van der Waals surface area contributed by atoms with Crippen molar-refractivity contribution in [2.24, 2.45) is 0 Å². The van der Waals surface area contributed by atoms with Gasteiger partial charge in [0.15, 0.2) is 0 Å². The van der Waals surface area contributed by atoms with Gasteiger partial charge in [-0.2, -0.15) is 0 Å². The normalized spacial score (nSPS) is 19.2. The SMILES string of the molecule is CC1(NCc2ccc(CO)cc2)CCOCC1. The van der Waals surface area contributed by atoms with Crippen LogP contribution in [0.1, 0.15) is 30.9 Å². The van der Waals surface area contributed by atoms with Crippen molar-refractivity contribution in [3.05, 3.63) is 35.4 Å². The van der Waals surface area contributed by atoms with Crippen molar-refractivity contribution in [1.82, 2.24) is 5.32 Å². The number of hydrogen-bond donors (Lipinski definition) is 2. The van der Waals surface area contributed by atoms with Gasteiger partial charge in [-0.25, -0.2) is 0 Å². The number of aliphatic hydroxyl groups is 1. The molecule has 0 bridgehead atoms. The maximum atomic E-state index is 8.97. The van der Waals surface area contributed by atoms with Gasteiger partial charge in [0.1, 0.15) is 0 Å². The van der Waals surface area contributed by atoms with Crippen LogP contribution in [-0.2, 0) is 17.9 Å². The lowest BCUT2D eigenvalue weighted by Gasteiger charge is -2.34. The van der Waals surface area contributed by atoms with Crippen LogP contribution in [0.2, 0.25) is 0 Å². The van der Waals surface area contributed by atoms with E-state index in [1.165, 1.54) is 5.56 Å². The molecule has 0 amide bonds. The zero-order chi connectivity index (χ0) is 12.1. The van der Waals surface area contributed by atoms with Gasteiger partial charge in [-0.05, 0) is 30.9 Å². The molecule has 0 saturated carbocycles. The van der Waals surface area contributed by atoms with Crippen molar-refractivity contribution in [2.75, 3.05) is 13.2 Å². The second kappa shape index (κ2) is 5.63. The molecule has 3 heteroatoms. The first-order valence-electron chi connectivity index (χ1n) is 6.23. The standard InChI is InChI=1S/C14H21NO2/c1-14(6-8-17-9-7-14)15-10-12-2-4-13(11-16)5-3-12/h2-5,15-16H,6-11H2,1H3. The van der Waals surface area contributed by atoms with E-state index in [0.717, 1.165) is 38.2 Å². The molecule has 0 aromatic heterocycles. The van der Waals surface area contributed by atoms with E-state index < -0.39 is 0 Å². The third-order valence-corrected chi connectivity index (χ3v) is 3.52. The van der Waals surface area contributed by atoms with Crippen molar-refractivity contribution >= 4 is 0 Å². The Morgan fingerprint density at radius 1 is 1.18 bits per heavy atom. The molecule has 0 unspecified atom stereocenters. The molecule has 17 heavy (non-hydrogen) atoms. The van der Waals surface area contributed by atoms with Gasteiger partial charge in [0.05, 0.1) is 6.61 Å². The van der Waals surface area contributed by atoms with Gasteiger partial charge in [0.25, 0.3) is 0 Å². The number of nitrogens with one attached hydrogen (secondary N) is 1. The summed E-state index contributed by atoms with van der Waals surface area (Å²) in [5.41, 5.74) is 2.43. The maximum Gasteiger partial charge on any atom is 0.0681 e. The fourth-order valence-corrected chi connectivity index (χ4v) is 2.08. The fourth-order valence-electron chi connectivity index (χ4n) is 2.08. The third-order valence-electron chi connectivity index (χ3n) is 3.52. The van der Waals surface area contributed by atoms with Crippen molar-refractivity contribution in [1.29, 1.82) is 0 Å². The summed E-state index contributed by atoms with van der Waals surface area (Å²) in [6.07, 6.45) is 2.14. The second-order valence-electron chi connectivity index (χ2n) is 5.00. The summed E-state index contributed by atoms with van der Waals surface area (Å²) in [7, 11) is 0. The Bertz CT molecular complexity index is 342. The van der Waals surface area contributed by atoms with Crippen LogP contribution in [0.3, 0.4) is 0 Å². The Labute approximate surface area is 103 Å². The fraction of sp³-hybridized carbons (Fsp3) is 0.571. The van der Waals surface area contributed by atoms with Crippen molar-refractivity contribution in [3.63, 3.8) is 0 Å². The maximum absolute atomic E-state index is 8.97. The minimum atomic E-state index is 0.114. The summed E-state index contributed by atoms with van der Waals surface area (Å²) < 4.78 is 5.38. The number of ether oxygens (including phenoxy) is 1. The minimum absolute atomic E-state index is 0.114. The molecule has 0 radical (unpaired) electrons. The Hall–Kier alpha value is -0.900. The highest BCUT2D eigenvalue weighted by molar-refractivity contribution is 5.22. The molecule has 1 aliphatic heterocycles. The van der Waals surface area contributed by atoms with E-state index in [4.69, 9.17) is 9.84 Å². The Kier molecular flexibility index (Phi) is 4.15. The molecular weight excluding hydrogens is 214 g/mol. The van der Waals surface area contributed by atoms with Gasteiger partial charge in [-0.1, -0.05) is 24.3 Å². The van der Waals surface area contributed by atoms with Gasteiger partial charge in [-0.15, -0.1) is 0 Å².